The standard InChI is InChI=1S/C15H14O2S.Au/c16-15(17-13-9-5-2-6-10-13)11-14(18)12-7-3-1-4-8-12;/h1-10,14,18H,11H2;/q;+1/p-1. The van der Waals surface area contributed by atoms with Gasteiger partial charge in [-0.1, -0.05) is 54.1 Å². The van der Waals surface area contributed by atoms with Crippen molar-refractivity contribution in [3.05, 3.63) is 66.2 Å². The zero-order chi connectivity index (χ0) is 12.8. The van der Waals surface area contributed by atoms with Gasteiger partial charge in [0.25, 0.3) is 0 Å². The van der Waals surface area contributed by atoms with Gasteiger partial charge in [-0.05, 0) is 12.1 Å². The molecule has 0 spiro atoms. The minimum absolute atomic E-state index is 0. The van der Waals surface area contributed by atoms with Gasteiger partial charge in [-0.25, -0.2) is 0 Å². The van der Waals surface area contributed by atoms with Crippen LogP contribution in [-0.2, 0) is 39.8 Å². The molecule has 0 heterocycles. The van der Waals surface area contributed by atoms with Gasteiger partial charge in [-0.3, -0.25) is 4.79 Å². The van der Waals surface area contributed by atoms with E-state index in [0.717, 1.165) is 5.56 Å². The van der Waals surface area contributed by atoms with Crippen molar-refractivity contribution in [1.29, 1.82) is 0 Å². The predicted octanol–water partition coefficient (Wildman–Crippen LogP) is 3.27. The van der Waals surface area contributed by atoms with Crippen molar-refractivity contribution in [3.8, 4) is 5.75 Å². The number of carbonyl (C=O) groups excluding carboxylic acids is 1. The first-order valence-electron chi connectivity index (χ1n) is 5.72. The van der Waals surface area contributed by atoms with Crippen LogP contribution in [0.5, 0.6) is 5.75 Å². The van der Waals surface area contributed by atoms with Gasteiger partial charge in [0.1, 0.15) is 5.75 Å². The van der Waals surface area contributed by atoms with E-state index in [0.29, 0.717) is 5.75 Å². The largest absolute Gasteiger partial charge is 1.00 e. The van der Waals surface area contributed by atoms with Crippen molar-refractivity contribution in [2.45, 2.75) is 11.7 Å². The Bertz CT molecular complexity index is 502. The van der Waals surface area contributed by atoms with Gasteiger partial charge in [0.15, 0.2) is 0 Å². The Kier molecular flexibility index (Phi) is 6.95. The third-order valence-electron chi connectivity index (χ3n) is 2.50. The van der Waals surface area contributed by atoms with E-state index in [-0.39, 0.29) is 40.0 Å². The number of para-hydroxylation sites is 1. The molecule has 2 nitrogen and oxygen atoms in total. The van der Waals surface area contributed by atoms with Gasteiger partial charge < -0.3 is 17.4 Å². The first-order chi connectivity index (χ1) is 8.75. The SMILES string of the molecule is O=C(CC([S-])c1ccccc1)Oc1ccccc1.[Au+]. The zero-order valence-electron chi connectivity index (χ0n) is 10.1. The summed E-state index contributed by atoms with van der Waals surface area (Å²) in [6.45, 7) is 0. The molecule has 0 bridgehead atoms. The average molecular weight is 454 g/mol. The Hall–Kier alpha value is -1.000. The van der Waals surface area contributed by atoms with E-state index in [1.165, 1.54) is 0 Å². The topological polar surface area (TPSA) is 26.3 Å². The van der Waals surface area contributed by atoms with E-state index in [1.54, 1.807) is 12.1 Å². The predicted molar refractivity (Wildman–Crippen MR) is 73.2 cm³/mol. The van der Waals surface area contributed by atoms with Crippen LogP contribution in [0.15, 0.2) is 60.7 Å². The molecule has 0 fully saturated rings. The van der Waals surface area contributed by atoms with E-state index in [4.69, 9.17) is 17.4 Å². The fourth-order valence-electron chi connectivity index (χ4n) is 1.60. The number of benzene rings is 2. The monoisotopic (exact) mass is 454 g/mol. The van der Waals surface area contributed by atoms with Crippen LogP contribution in [0, 0.1) is 0 Å². The normalized spacial score (nSPS) is 11.2. The third-order valence-corrected chi connectivity index (χ3v) is 2.94. The molecule has 1 unspecified atom stereocenters. The van der Waals surface area contributed by atoms with Crippen molar-refractivity contribution >= 4 is 18.6 Å². The zero-order valence-corrected chi connectivity index (χ0v) is 13.1. The summed E-state index contributed by atoms with van der Waals surface area (Å²) in [6, 6.07) is 18.6. The van der Waals surface area contributed by atoms with Crippen LogP contribution in [0.1, 0.15) is 17.2 Å². The number of esters is 1. The molecule has 0 aliphatic heterocycles. The first kappa shape index (κ1) is 16.1. The minimum Gasteiger partial charge on any atom is -0.784 e. The molecule has 0 saturated carbocycles. The van der Waals surface area contributed by atoms with Gasteiger partial charge in [-0.2, -0.15) is 0 Å². The van der Waals surface area contributed by atoms with E-state index in [2.05, 4.69) is 0 Å². The Morgan fingerprint density at radius 1 is 1.00 bits per heavy atom. The summed E-state index contributed by atoms with van der Waals surface area (Å²) in [5, 5.41) is -0.248. The summed E-state index contributed by atoms with van der Waals surface area (Å²) < 4.78 is 5.20. The second kappa shape index (κ2) is 8.23. The minimum atomic E-state index is -0.301. The molecule has 0 aromatic heterocycles. The summed E-state index contributed by atoms with van der Waals surface area (Å²) in [6.07, 6.45) is 0.203. The molecule has 1 atom stereocenters. The van der Waals surface area contributed by atoms with E-state index in [1.807, 2.05) is 48.5 Å². The molecule has 0 saturated heterocycles. The van der Waals surface area contributed by atoms with Crippen LogP contribution >= 0.6 is 0 Å². The van der Waals surface area contributed by atoms with Gasteiger partial charge in [-0.15, -0.1) is 5.25 Å². The molecule has 102 valence electrons. The maximum Gasteiger partial charge on any atom is 1.00 e. The van der Waals surface area contributed by atoms with E-state index in [9.17, 15) is 4.79 Å². The van der Waals surface area contributed by atoms with E-state index >= 15 is 0 Å². The van der Waals surface area contributed by atoms with E-state index < -0.39 is 0 Å². The van der Waals surface area contributed by atoms with Gasteiger partial charge in [0.2, 0.25) is 0 Å². The molecular formula is C15H13AuO2S. The number of carbonyl (C=O) groups is 1. The van der Waals surface area contributed by atoms with Crippen LogP contribution in [0.25, 0.3) is 0 Å². The number of ether oxygens (including phenoxy) is 1. The van der Waals surface area contributed by atoms with Crippen LogP contribution in [0.2, 0.25) is 0 Å². The average Bonchev–Trinajstić information content (AvgIpc) is 2.40. The molecule has 19 heavy (non-hydrogen) atoms. The summed E-state index contributed by atoms with van der Waals surface area (Å²) >= 11 is 5.30. The maximum atomic E-state index is 11.7. The molecule has 0 aliphatic rings. The fraction of sp³-hybridized carbons (Fsp3) is 0.133. The molecule has 4 heteroatoms. The number of hydrogen-bond donors (Lipinski definition) is 0. The smallest absolute Gasteiger partial charge is 0.784 e. The molecule has 2 aromatic carbocycles. The Labute approximate surface area is 134 Å². The number of hydrogen-bond acceptors (Lipinski definition) is 3. The van der Waals surface area contributed by atoms with Crippen LogP contribution in [0.3, 0.4) is 0 Å². The van der Waals surface area contributed by atoms with Crippen molar-refractivity contribution < 1.29 is 31.9 Å². The van der Waals surface area contributed by atoms with Crippen molar-refractivity contribution in [1.82, 2.24) is 0 Å². The Morgan fingerprint density at radius 3 is 2.11 bits per heavy atom. The molecular weight excluding hydrogens is 441 g/mol. The summed E-state index contributed by atoms with van der Waals surface area (Å²) in [5.41, 5.74) is 0.970. The van der Waals surface area contributed by atoms with Crippen LogP contribution < -0.4 is 4.74 Å². The molecule has 0 amide bonds. The number of rotatable bonds is 4. The molecule has 2 aromatic rings. The summed E-state index contributed by atoms with van der Waals surface area (Å²) in [7, 11) is 0. The van der Waals surface area contributed by atoms with Gasteiger partial charge >= 0.3 is 28.3 Å². The van der Waals surface area contributed by atoms with Crippen LogP contribution in [-0.4, -0.2) is 5.97 Å². The Morgan fingerprint density at radius 2 is 1.53 bits per heavy atom. The second-order valence-corrected chi connectivity index (χ2v) is 4.46. The first-order valence-corrected chi connectivity index (χ1v) is 6.19. The molecule has 0 radical (unpaired) electrons. The van der Waals surface area contributed by atoms with Crippen LogP contribution in [0.4, 0.5) is 0 Å². The molecule has 0 aliphatic carbocycles. The second-order valence-electron chi connectivity index (χ2n) is 3.89. The fourth-order valence-corrected chi connectivity index (χ4v) is 1.89. The summed E-state index contributed by atoms with van der Waals surface area (Å²) in [4.78, 5) is 11.7. The van der Waals surface area contributed by atoms with Crippen molar-refractivity contribution in [2.75, 3.05) is 0 Å². The van der Waals surface area contributed by atoms with Crippen molar-refractivity contribution in [3.63, 3.8) is 0 Å². The molecule has 0 N–H and O–H groups in total. The third kappa shape index (κ3) is 5.25. The maximum absolute atomic E-state index is 11.7. The summed E-state index contributed by atoms with van der Waals surface area (Å²) in [5.74, 6) is 0.253. The van der Waals surface area contributed by atoms with Crippen molar-refractivity contribution in [2.24, 2.45) is 0 Å². The Balaban J connectivity index is 0.00000180. The quantitative estimate of drug-likeness (QED) is 0.307. The molecule has 2 rings (SSSR count). The van der Waals surface area contributed by atoms with Gasteiger partial charge in [0.05, 0.1) is 0 Å². The van der Waals surface area contributed by atoms with Gasteiger partial charge in [0, 0.05) is 6.42 Å².